The molecule has 0 N–H and O–H groups in total. The molecule has 0 saturated heterocycles. The largest absolute Gasteiger partial charge is 0.335 e. The predicted molar refractivity (Wildman–Crippen MR) is 146 cm³/mol. The maximum absolute atomic E-state index is 5.00. The van der Waals surface area contributed by atoms with Crippen molar-refractivity contribution in [1.29, 1.82) is 0 Å². The van der Waals surface area contributed by atoms with E-state index in [9.17, 15) is 0 Å². The maximum atomic E-state index is 5.00. The number of benzene rings is 1. The molecule has 0 spiro atoms. The summed E-state index contributed by atoms with van der Waals surface area (Å²) in [5, 5.41) is 1.18. The molecule has 3 heterocycles. The third-order valence-corrected chi connectivity index (χ3v) is 7.22. The van der Waals surface area contributed by atoms with Crippen molar-refractivity contribution >= 4 is 22.0 Å². The lowest BCUT2D eigenvalue weighted by Gasteiger charge is -2.22. The van der Waals surface area contributed by atoms with Gasteiger partial charge in [-0.15, -0.1) is 17.9 Å². The number of anilines is 1. The lowest BCUT2D eigenvalue weighted by atomic mass is 9.99. The summed E-state index contributed by atoms with van der Waals surface area (Å²) in [4.78, 5) is 12.9. The van der Waals surface area contributed by atoms with Gasteiger partial charge in [0.05, 0.1) is 17.1 Å². The van der Waals surface area contributed by atoms with Crippen molar-refractivity contribution in [2.75, 3.05) is 18.0 Å². The summed E-state index contributed by atoms with van der Waals surface area (Å²) in [5.41, 5.74) is 8.82. The fourth-order valence-corrected chi connectivity index (χ4v) is 5.32. The summed E-state index contributed by atoms with van der Waals surface area (Å²) in [5.74, 6) is 6.68. The number of aryl methyl sites for hydroxylation is 2. The van der Waals surface area contributed by atoms with Crippen LogP contribution in [0.15, 0.2) is 72.5 Å². The van der Waals surface area contributed by atoms with Crippen LogP contribution in [0.5, 0.6) is 0 Å². The van der Waals surface area contributed by atoms with Crippen molar-refractivity contribution in [3.63, 3.8) is 0 Å². The molecule has 0 amide bonds. The molecule has 0 unspecified atom stereocenters. The van der Waals surface area contributed by atoms with Crippen LogP contribution in [0.4, 0.5) is 5.00 Å². The third-order valence-electron chi connectivity index (χ3n) is 5.99. The first-order valence-electron chi connectivity index (χ1n) is 11.7. The Bertz CT molecular complexity index is 1280. The highest BCUT2D eigenvalue weighted by molar-refractivity contribution is 7.17. The summed E-state index contributed by atoms with van der Waals surface area (Å²) < 4.78 is 0. The van der Waals surface area contributed by atoms with Gasteiger partial charge >= 0.3 is 0 Å². The molecule has 2 aromatic heterocycles. The smallest absolute Gasteiger partial charge is 0.113 e. The summed E-state index contributed by atoms with van der Waals surface area (Å²) in [7, 11) is 0. The van der Waals surface area contributed by atoms with Crippen LogP contribution in [-0.2, 0) is 6.42 Å². The van der Waals surface area contributed by atoms with E-state index in [2.05, 4.69) is 86.0 Å². The minimum Gasteiger partial charge on any atom is -0.335 e. The third kappa shape index (κ3) is 5.21. The monoisotopic (exact) mass is 465 g/mol. The number of thiophene rings is 1. The zero-order chi connectivity index (χ0) is 24.1. The SMILES string of the molecule is C=CCCCc1ccc(C#Cc2sc3c(c2C)C(c2ccc(C)cc2)=NCCN3C(=C)C)nc1. The predicted octanol–water partition coefficient (Wildman–Crippen LogP) is 6.86. The van der Waals surface area contributed by atoms with Crippen molar-refractivity contribution < 1.29 is 0 Å². The van der Waals surface area contributed by atoms with Crippen LogP contribution in [-0.4, -0.2) is 23.8 Å². The Balaban J connectivity index is 1.70. The van der Waals surface area contributed by atoms with Gasteiger partial charge in [-0.05, 0) is 69.1 Å². The number of aromatic nitrogens is 1. The topological polar surface area (TPSA) is 28.5 Å². The summed E-state index contributed by atoms with van der Waals surface area (Å²) in [6, 6.07) is 12.8. The number of rotatable bonds is 6. The van der Waals surface area contributed by atoms with Crippen LogP contribution >= 0.6 is 11.3 Å². The normalized spacial score (nSPS) is 12.8. The van der Waals surface area contributed by atoms with Gasteiger partial charge in [-0.2, -0.15) is 0 Å². The minimum absolute atomic E-state index is 0.737. The molecule has 0 saturated carbocycles. The highest BCUT2D eigenvalue weighted by atomic mass is 32.1. The van der Waals surface area contributed by atoms with Crippen LogP contribution in [0.25, 0.3) is 0 Å². The van der Waals surface area contributed by atoms with Crippen molar-refractivity contribution in [1.82, 2.24) is 4.98 Å². The summed E-state index contributed by atoms with van der Waals surface area (Å²) in [6.07, 6.45) is 7.04. The molecular weight excluding hydrogens is 434 g/mol. The molecule has 1 aliphatic heterocycles. The van der Waals surface area contributed by atoms with E-state index >= 15 is 0 Å². The molecule has 34 heavy (non-hydrogen) atoms. The first kappa shape index (κ1) is 23.7. The van der Waals surface area contributed by atoms with Gasteiger partial charge in [0.1, 0.15) is 10.7 Å². The van der Waals surface area contributed by atoms with E-state index in [0.29, 0.717) is 0 Å². The molecule has 1 aromatic carbocycles. The van der Waals surface area contributed by atoms with Gasteiger partial charge in [0.25, 0.3) is 0 Å². The first-order chi connectivity index (χ1) is 16.5. The second kappa shape index (κ2) is 10.7. The first-order valence-corrected chi connectivity index (χ1v) is 12.6. The molecule has 0 radical (unpaired) electrons. The lowest BCUT2D eigenvalue weighted by Crippen LogP contribution is -2.22. The van der Waals surface area contributed by atoms with E-state index in [-0.39, 0.29) is 0 Å². The fourth-order valence-electron chi connectivity index (χ4n) is 4.06. The van der Waals surface area contributed by atoms with Crippen molar-refractivity contribution in [3.05, 3.63) is 106 Å². The Labute approximate surface area is 207 Å². The summed E-state index contributed by atoms with van der Waals surface area (Å²) >= 11 is 1.72. The van der Waals surface area contributed by atoms with E-state index in [1.165, 1.54) is 27.3 Å². The molecule has 0 atom stereocenters. The average Bonchev–Trinajstić information content (AvgIpc) is 3.02. The second-order valence-corrected chi connectivity index (χ2v) is 9.70. The molecule has 0 fully saturated rings. The van der Waals surface area contributed by atoms with Crippen molar-refractivity contribution in [3.8, 4) is 11.8 Å². The van der Waals surface area contributed by atoms with Gasteiger partial charge in [-0.1, -0.05) is 48.6 Å². The van der Waals surface area contributed by atoms with Crippen molar-refractivity contribution in [2.45, 2.75) is 40.0 Å². The van der Waals surface area contributed by atoms with Gasteiger partial charge in [0.15, 0.2) is 0 Å². The Morgan fingerprint density at radius 3 is 2.62 bits per heavy atom. The Kier molecular flexibility index (Phi) is 7.45. The van der Waals surface area contributed by atoms with E-state index in [1.54, 1.807) is 11.3 Å². The molecule has 4 rings (SSSR count). The van der Waals surface area contributed by atoms with Gasteiger partial charge in [0, 0.05) is 29.6 Å². The van der Waals surface area contributed by atoms with E-state index in [1.807, 2.05) is 18.3 Å². The van der Waals surface area contributed by atoms with Gasteiger partial charge in [-0.3, -0.25) is 4.99 Å². The fraction of sp³-hybridized carbons (Fsp3) is 0.267. The van der Waals surface area contributed by atoms with E-state index in [0.717, 1.165) is 59.9 Å². The number of aliphatic imine (C=N–C) groups is 1. The highest BCUT2D eigenvalue weighted by Crippen LogP contribution is 2.39. The number of unbranched alkanes of at least 4 members (excludes halogenated alkanes) is 1. The quantitative estimate of drug-likeness (QED) is 0.226. The van der Waals surface area contributed by atoms with Crippen LogP contribution in [0, 0.1) is 25.7 Å². The number of fused-ring (bicyclic) bond motifs is 1. The number of nitrogens with zero attached hydrogens (tertiary/aromatic N) is 3. The molecule has 0 aliphatic carbocycles. The minimum atomic E-state index is 0.737. The van der Waals surface area contributed by atoms with Crippen LogP contribution in [0.1, 0.15) is 58.2 Å². The zero-order valence-corrected chi connectivity index (χ0v) is 21.1. The Hall–Kier alpha value is -3.42. The maximum Gasteiger partial charge on any atom is 0.113 e. The van der Waals surface area contributed by atoms with Gasteiger partial charge in [0.2, 0.25) is 0 Å². The van der Waals surface area contributed by atoms with Crippen molar-refractivity contribution in [2.24, 2.45) is 4.99 Å². The molecular formula is C30H31N3S. The van der Waals surface area contributed by atoms with Crippen LogP contribution in [0.2, 0.25) is 0 Å². The Morgan fingerprint density at radius 2 is 1.94 bits per heavy atom. The number of hydrogen-bond acceptors (Lipinski definition) is 4. The highest BCUT2D eigenvalue weighted by Gasteiger charge is 2.26. The molecule has 1 aliphatic rings. The molecule has 0 bridgehead atoms. The molecule has 3 aromatic rings. The summed E-state index contributed by atoms with van der Waals surface area (Å²) in [6.45, 7) is 15.9. The van der Waals surface area contributed by atoms with Crippen LogP contribution < -0.4 is 4.90 Å². The second-order valence-electron chi connectivity index (χ2n) is 8.70. The van der Waals surface area contributed by atoms with Crippen LogP contribution in [0.3, 0.4) is 0 Å². The van der Waals surface area contributed by atoms with Gasteiger partial charge in [-0.25, -0.2) is 4.98 Å². The van der Waals surface area contributed by atoms with E-state index in [4.69, 9.17) is 4.99 Å². The Morgan fingerprint density at radius 1 is 1.15 bits per heavy atom. The number of allylic oxidation sites excluding steroid dienone is 2. The molecule has 3 nitrogen and oxygen atoms in total. The van der Waals surface area contributed by atoms with E-state index < -0.39 is 0 Å². The standard InChI is InChI=1S/C30H31N3S/c1-6-7-8-9-24-12-15-26(32-20-24)16-17-27-23(5)28-29(25-13-10-22(4)11-14-25)31-18-19-33(21(2)3)30(28)34-27/h6,10-15,20H,1-2,7-9,18-19H2,3-5H3. The molecule has 172 valence electrons. The lowest BCUT2D eigenvalue weighted by molar-refractivity contribution is 0.839. The van der Waals surface area contributed by atoms with Gasteiger partial charge < -0.3 is 4.90 Å². The zero-order valence-electron chi connectivity index (χ0n) is 20.3. The number of hydrogen-bond donors (Lipinski definition) is 0. The number of pyridine rings is 1. The average molecular weight is 466 g/mol. The molecule has 4 heteroatoms.